The topological polar surface area (TPSA) is 75.7 Å². The average Bonchev–Trinajstić information content (AvgIpc) is 2.64. The van der Waals surface area contributed by atoms with E-state index in [9.17, 15) is 13.2 Å². The molecule has 0 bridgehead atoms. The molecule has 0 aliphatic carbocycles. The summed E-state index contributed by atoms with van der Waals surface area (Å²) >= 11 is 3.94. The summed E-state index contributed by atoms with van der Waals surface area (Å²) in [5.41, 5.74) is 0.989. The second-order valence-electron chi connectivity index (χ2n) is 6.03. The Labute approximate surface area is 158 Å². The van der Waals surface area contributed by atoms with E-state index in [4.69, 9.17) is 4.18 Å². The van der Waals surface area contributed by atoms with Crippen LogP contribution < -0.4 is 9.50 Å². The van der Waals surface area contributed by atoms with E-state index in [1.54, 1.807) is 35.2 Å². The van der Waals surface area contributed by atoms with Gasteiger partial charge in [-0.05, 0) is 36.2 Å². The Morgan fingerprint density at radius 2 is 1.85 bits per heavy atom. The van der Waals surface area contributed by atoms with E-state index in [0.29, 0.717) is 19.5 Å². The molecule has 3 rings (SSSR count). The molecule has 8 heteroatoms. The monoisotopic (exact) mass is 392 g/mol. The van der Waals surface area contributed by atoms with Crippen molar-refractivity contribution in [1.82, 2.24) is 10.2 Å². The van der Waals surface area contributed by atoms with Crippen molar-refractivity contribution in [2.24, 2.45) is 0 Å². The predicted molar refractivity (Wildman–Crippen MR) is 102 cm³/mol. The van der Waals surface area contributed by atoms with Crippen LogP contribution in [0.5, 0.6) is 5.75 Å². The highest BCUT2D eigenvalue weighted by molar-refractivity contribution is 7.96. The molecule has 1 amide bonds. The number of benzene rings is 2. The lowest BCUT2D eigenvalue weighted by molar-refractivity contribution is 0.181. The summed E-state index contributed by atoms with van der Waals surface area (Å²) in [6, 6.07) is 14.9. The van der Waals surface area contributed by atoms with Gasteiger partial charge in [0.05, 0.1) is 0 Å². The van der Waals surface area contributed by atoms with Crippen molar-refractivity contribution >= 4 is 28.0 Å². The zero-order chi connectivity index (χ0) is 18.6. The van der Waals surface area contributed by atoms with Crippen LogP contribution in [0.3, 0.4) is 0 Å². The van der Waals surface area contributed by atoms with Gasteiger partial charge in [0.25, 0.3) is 5.24 Å². The molecule has 0 saturated carbocycles. The van der Waals surface area contributed by atoms with Crippen LogP contribution in [0.4, 0.5) is 4.79 Å². The lowest BCUT2D eigenvalue weighted by Gasteiger charge is -2.35. The van der Waals surface area contributed by atoms with E-state index in [0.717, 1.165) is 12.1 Å². The Bertz CT molecular complexity index is 855. The van der Waals surface area contributed by atoms with Crippen molar-refractivity contribution < 1.29 is 17.4 Å². The van der Waals surface area contributed by atoms with Crippen LogP contribution in [0, 0.1) is 0 Å². The zero-order valence-corrected chi connectivity index (χ0v) is 15.7. The van der Waals surface area contributed by atoms with Gasteiger partial charge in [0.15, 0.2) is 0 Å². The van der Waals surface area contributed by atoms with E-state index < -0.39 is 10.1 Å². The molecule has 1 aliphatic heterocycles. The molecule has 0 aromatic heterocycles. The van der Waals surface area contributed by atoms with Gasteiger partial charge in [0.2, 0.25) is 0 Å². The first-order valence-electron chi connectivity index (χ1n) is 8.24. The molecule has 6 nitrogen and oxygen atoms in total. The van der Waals surface area contributed by atoms with E-state index in [1.165, 1.54) is 12.1 Å². The summed E-state index contributed by atoms with van der Waals surface area (Å²) in [5, 5.41) is 3.04. The van der Waals surface area contributed by atoms with Crippen molar-refractivity contribution in [3.63, 3.8) is 0 Å². The van der Waals surface area contributed by atoms with E-state index in [2.05, 4.69) is 17.9 Å². The number of carbonyl (C=O) groups excluding carboxylic acids is 1. The molecule has 1 aliphatic rings. The Morgan fingerprint density at radius 3 is 2.50 bits per heavy atom. The van der Waals surface area contributed by atoms with Crippen LogP contribution in [-0.2, 0) is 16.5 Å². The summed E-state index contributed by atoms with van der Waals surface area (Å²) in [4.78, 5) is 13.5. The molecular weight excluding hydrogens is 372 g/mol. The second kappa shape index (κ2) is 8.11. The molecule has 138 valence electrons. The van der Waals surface area contributed by atoms with E-state index in [1.807, 2.05) is 12.1 Å². The smallest absolute Gasteiger partial charge is 0.339 e. The summed E-state index contributed by atoms with van der Waals surface area (Å²) in [6.45, 7) is 2.09. The lowest BCUT2D eigenvalue weighted by atomic mass is 10.0. The highest BCUT2D eigenvalue weighted by Crippen LogP contribution is 2.20. The summed E-state index contributed by atoms with van der Waals surface area (Å²) in [6.07, 6.45) is 0.658. The standard InChI is InChI=1S/C18H20N2O4S2/c21-18(25)20-11-10-19-13-15(20)12-14-6-8-16(9-7-14)24-26(22,23)17-4-2-1-3-5-17/h1-9,15,19H,10-13H2,(H,21,25). The number of nitrogens with zero attached hydrogens (tertiary/aromatic N) is 1. The molecule has 1 unspecified atom stereocenters. The van der Waals surface area contributed by atoms with Gasteiger partial charge in [0, 0.05) is 25.7 Å². The largest absolute Gasteiger partial charge is 0.379 e. The lowest BCUT2D eigenvalue weighted by Crippen LogP contribution is -2.53. The van der Waals surface area contributed by atoms with Gasteiger partial charge in [-0.2, -0.15) is 8.42 Å². The van der Waals surface area contributed by atoms with Crippen molar-refractivity contribution in [3.8, 4) is 5.75 Å². The summed E-state index contributed by atoms with van der Waals surface area (Å²) in [7, 11) is -3.85. The normalized spacial score (nSPS) is 17.7. The van der Waals surface area contributed by atoms with Crippen LogP contribution in [-0.4, -0.2) is 44.2 Å². The molecule has 0 spiro atoms. The minimum atomic E-state index is -3.85. The number of thiol groups is 1. The Kier molecular flexibility index (Phi) is 5.85. The van der Waals surface area contributed by atoms with Gasteiger partial charge >= 0.3 is 10.1 Å². The minimum absolute atomic E-state index is 0.0218. The number of piperazine rings is 1. The quantitative estimate of drug-likeness (QED) is 0.603. The van der Waals surface area contributed by atoms with Crippen LogP contribution in [0.25, 0.3) is 0 Å². The third-order valence-corrected chi connectivity index (χ3v) is 5.75. The molecule has 1 heterocycles. The number of amides is 1. The molecule has 2 aromatic carbocycles. The van der Waals surface area contributed by atoms with E-state index in [-0.39, 0.29) is 21.9 Å². The van der Waals surface area contributed by atoms with Gasteiger partial charge in [-0.15, -0.1) is 0 Å². The fourth-order valence-corrected chi connectivity index (χ4v) is 4.12. The average molecular weight is 393 g/mol. The number of carbonyl (C=O) groups is 1. The Hall–Kier alpha value is -2.03. The van der Waals surface area contributed by atoms with Crippen LogP contribution in [0.1, 0.15) is 5.56 Å². The molecule has 26 heavy (non-hydrogen) atoms. The van der Waals surface area contributed by atoms with Crippen LogP contribution >= 0.6 is 12.6 Å². The SMILES string of the molecule is O=C(S)N1CCNCC1Cc1ccc(OS(=O)(=O)c2ccccc2)cc1. The Balaban J connectivity index is 1.68. The van der Waals surface area contributed by atoms with Crippen molar-refractivity contribution in [2.45, 2.75) is 17.4 Å². The first kappa shape index (κ1) is 18.8. The highest BCUT2D eigenvalue weighted by Gasteiger charge is 2.25. The van der Waals surface area contributed by atoms with Crippen molar-refractivity contribution in [3.05, 3.63) is 60.2 Å². The molecule has 1 fully saturated rings. The number of hydrogen-bond donors (Lipinski definition) is 2. The molecule has 1 N–H and O–H groups in total. The molecular formula is C18H20N2O4S2. The van der Waals surface area contributed by atoms with Gasteiger partial charge in [-0.3, -0.25) is 4.79 Å². The minimum Gasteiger partial charge on any atom is -0.379 e. The van der Waals surface area contributed by atoms with Crippen LogP contribution in [0.15, 0.2) is 59.5 Å². The van der Waals surface area contributed by atoms with Crippen molar-refractivity contribution in [1.29, 1.82) is 0 Å². The predicted octanol–water partition coefficient (Wildman–Crippen LogP) is 2.32. The van der Waals surface area contributed by atoms with Gasteiger partial charge < -0.3 is 14.4 Å². The molecule has 1 saturated heterocycles. The van der Waals surface area contributed by atoms with Gasteiger partial charge in [-0.1, -0.05) is 43.0 Å². The maximum atomic E-state index is 12.2. The second-order valence-corrected chi connectivity index (χ2v) is 7.96. The molecule has 1 atom stereocenters. The summed E-state index contributed by atoms with van der Waals surface area (Å²) < 4.78 is 29.7. The first-order chi connectivity index (χ1) is 12.5. The fourth-order valence-electron chi connectivity index (χ4n) is 2.91. The third kappa shape index (κ3) is 4.57. The third-order valence-electron chi connectivity index (χ3n) is 4.23. The first-order valence-corrected chi connectivity index (χ1v) is 10.1. The fraction of sp³-hybridized carbons (Fsp3) is 0.278. The molecule has 2 aromatic rings. The number of rotatable bonds is 5. The van der Waals surface area contributed by atoms with Gasteiger partial charge in [-0.25, -0.2) is 0 Å². The number of hydrogen-bond acceptors (Lipinski definition) is 5. The van der Waals surface area contributed by atoms with Crippen molar-refractivity contribution in [2.75, 3.05) is 19.6 Å². The Morgan fingerprint density at radius 1 is 1.15 bits per heavy atom. The number of nitrogens with one attached hydrogen (secondary N) is 1. The highest BCUT2D eigenvalue weighted by atomic mass is 32.2. The maximum absolute atomic E-state index is 12.2. The molecule has 0 radical (unpaired) electrons. The van der Waals surface area contributed by atoms with E-state index >= 15 is 0 Å². The maximum Gasteiger partial charge on any atom is 0.339 e. The zero-order valence-electron chi connectivity index (χ0n) is 14.0. The summed E-state index contributed by atoms with van der Waals surface area (Å²) in [5.74, 6) is 0.251. The van der Waals surface area contributed by atoms with Crippen LogP contribution in [0.2, 0.25) is 0 Å². The van der Waals surface area contributed by atoms with Gasteiger partial charge in [0.1, 0.15) is 10.6 Å².